The van der Waals surface area contributed by atoms with Crippen LogP contribution in [0, 0.1) is 0 Å². The lowest BCUT2D eigenvalue weighted by Gasteiger charge is -2.10. The zero-order valence-corrected chi connectivity index (χ0v) is 11.8. The van der Waals surface area contributed by atoms with Crippen LogP contribution < -0.4 is 15.2 Å². The lowest BCUT2D eigenvalue weighted by atomic mass is 10.3. The molecule has 4 nitrogen and oxygen atoms in total. The number of anilines is 1. The van der Waals surface area contributed by atoms with Crippen molar-refractivity contribution in [3.8, 4) is 17.5 Å². The Labute approximate surface area is 118 Å². The van der Waals surface area contributed by atoms with Crippen LogP contribution in [0.1, 0.15) is 0 Å². The van der Waals surface area contributed by atoms with Gasteiger partial charge in [0.05, 0.1) is 17.3 Å². The molecule has 0 atom stereocenters. The van der Waals surface area contributed by atoms with Gasteiger partial charge < -0.3 is 15.2 Å². The molecule has 1 aromatic heterocycles. The Morgan fingerprint density at radius 1 is 1.28 bits per heavy atom. The number of benzene rings is 1. The van der Waals surface area contributed by atoms with E-state index in [1.165, 1.54) is 7.11 Å². The number of nitrogens with two attached hydrogens (primary N) is 1. The summed E-state index contributed by atoms with van der Waals surface area (Å²) in [5, 5.41) is 0.612. The summed E-state index contributed by atoms with van der Waals surface area (Å²) >= 11 is 9.21. The molecule has 94 valence electrons. The Balaban J connectivity index is 2.33. The van der Waals surface area contributed by atoms with Crippen molar-refractivity contribution in [3.63, 3.8) is 0 Å². The first-order valence-corrected chi connectivity index (χ1v) is 6.20. The van der Waals surface area contributed by atoms with Crippen molar-refractivity contribution in [2.75, 3.05) is 12.8 Å². The van der Waals surface area contributed by atoms with Gasteiger partial charge in [-0.15, -0.1) is 0 Å². The van der Waals surface area contributed by atoms with E-state index in [2.05, 4.69) is 20.9 Å². The van der Waals surface area contributed by atoms with E-state index in [0.717, 1.165) is 4.47 Å². The van der Waals surface area contributed by atoms with Gasteiger partial charge in [-0.2, -0.15) is 4.98 Å². The molecule has 0 saturated heterocycles. The van der Waals surface area contributed by atoms with Gasteiger partial charge >= 0.3 is 0 Å². The topological polar surface area (TPSA) is 57.4 Å². The fraction of sp³-hybridized carbons (Fsp3) is 0.0833. The smallest absolute Gasteiger partial charge is 0.246 e. The maximum absolute atomic E-state index is 5.85. The second-order valence-corrected chi connectivity index (χ2v) is 4.72. The molecule has 6 heteroatoms. The highest BCUT2D eigenvalue weighted by molar-refractivity contribution is 9.10. The van der Waals surface area contributed by atoms with E-state index in [0.29, 0.717) is 22.3 Å². The van der Waals surface area contributed by atoms with Gasteiger partial charge in [0.1, 0.15) is 5.75 Å². The molecule has 0 bridgehead atoms. The molecule has 2 N–H and O–H groups in total. The van der Waals surface area contributed by atoms with E-state index in [-0.39, 0.29) is 5.88 Å². The average Bonchev–Trinajstić information content (AvgIpc) is 2.35. The molecule has 0 aliphatic rings. The molecule has 1 aromatic carbocycles. The normalized spacial score (nSPS) is 10.2. The first-order chi connectivity index (χ1) is 8.60. The lowest BCUT2D eigenvalue weighted by Crippen LogP contribution is -1.97. The largest absolute Gasteiger partial charge is 0.481 e. The zero-order valence-electron chi connectivity index (χ0n) is 9.48. The molecule has 0 unspecified atom stereocenters. The van der Waals surface area contributed by atoms with Crippen molar-refractivity contribution in [2.24, 2.45) is 0 Å². The predicted molar refractivity (Wildman–Crippen MR) is 74.4 cm³/mol. The summed E-state index contributed by atoms with van der Waals surface area (Å²) in [6, 6.07) is 8.52. The van der Waals surface area contributed by atoms with Crippen molar-refractivity contribution >= 4 is 33.2 Å². The number of pyridine rings is 1. The van der Waals surface area contributed by atoms with Crippen molar-refractivity contribution in [1.29, 1.82) is 0 Å². The van der Waals surface area contributed by atoms with Gasteiger partial charge in [-0.1, -0.05) is 11.6 Å². The van der Waals surface area contributed by atoms with Crippen LogP contribution in [-0.4, -0.2) is 12.1 Å². The Bertz CT molecular complexity index is 578. The minimum atomic E-state index is 0.289. The molecule has 0 aliphatic heterocycles. The van der Waals surface area contributed by atoms with E-state index in [1.807, 2.05) is 0 Å². The third kappa shape index (κ3) is 2.86. The third-order valence-corrected chi connectivity index (χ3v) is 3.03. The third-order valence-electron chi connectivity index (χ3n) is 2.17. The number of nitrogen functional groups attached to an aromatic ring is 1. The maximum Gasteiger partial charge on any atom is 0.246 e. The second-order valence-electron chi connectivity index (χ2n) is 3.42. The summed E-state index contributed by atoms with van der Waals surface area (Å²) in [6.07, 6.45) is 0. The van der Waals surface area contributed by atoms with E-state index in [4.69, 9.17) is 26.8 Å². The Kier molecular flexibility index (Phi) is 3.93. The van der Waals surface area contributed by atoms with Gasteiger partial charge in [0.15, 0.2) is 0 Å². The van der Waals surface area contributed by atoms with Crippen molar-refractivity contribution in [2.45, 2.75) is 0 Å². The molecule has 0 radical (unpaired) electrons. The lowest BCUT2D eigenvalue weighted by molar-refractivity contribution is 0.384. The number of halogens is 2. The van der Waals surface area contributed by atoms with E-state index >= 15 is 0 Å². The molecule has 0 aliphatic carbocycles. The van der Waals surface area contributed by atoms with Crippen LogP contribution in [0.5, 0.6) is 17.5 Å². The van der Waals surface area contributed by atoms with Crippen molar-refractivity contribution in [1.82, 2.24) is 4.98 Å². The molecule has 1 heterocycles. The Morgan fingerprint density at radius 2 is 2.06 bits per heavy atom. The van der Waals surface area contributed by atoms with Crippen LogP contribution in [0.15, 0.2) is 34.8 Å². The van der Waals surface area contributed by atoms with Crippen molar-refractivity contribution in [3.05, 3.63) is 39.8 Å². The molecule has 2 aromatic rings. The Hall–Kier alpha value is -1.46. The van der Waals surface area contributed by atoms with Crippen LogP contribution in [0.2, 0.25) is 5.02 Å². The summed E-state index contributed by atoms with van der Waals surface area (Å²) in [5.74, 6) is 1.30. The summed E-state index contributed by atoms with van der Waals surface area (Å²) in [6.45, 7) is 0. The highest BCUT2D eigenvalue weighted by Gasteiger charge is 2.09. The number of aromatic nitrogens is 1. The number of hydrogen-bond acceptors (Lipinski definition) is 4. The standard InChI is InChI=1S/C12H10BrClN2O2/c1-17-11-5-3-9(15)12(16-11)18-10-4-2-7(14)6-8(10)13/h2-6H,15H2,1H3. The van der Waals surface area contributed by atoms with Crippen LogP contribution >= 0.6 is 27.5 Å². The van der Waals surface area contributed by atoms with Gasteiger partial charge in [-0.3, -0.25) is 0 Å². The first kappa shape index (κ1) is 13.0. The van der Waals surface area contributed by atoms with Gasteiger partial charge in [-0.05, 0) is 40.2 Å². The molecule has 2 rings (SSSR count). The summed E-state index contributed by atoms with van der Waals surface area (Å²) in [7, 11) is 1.53. The second kappa shape index (κ2) is 5.46. The number of methoxy groups -OCH3 is 1. The van der Waals surface area contributed by atoms with Crippen LogP contribution in [-0.2, 0) is 0 Å². The zero-order chi connectivity index (χ0) is 13.1. The quantitative estimate of drug-likeness (QED) is 0.928. The number of rotatable bonds is 3. The van der Waals surface area contributed by atoms with E-state index in [9.17, 15) is 0 Å². The van der Waals surface area contributed by atoms with Crippen LogP contribution in [0.3, 0.4) is 0 Å². The molecular weight excluding hydrogens is 320 g/mol. The van der Waals surface area contributed by atoms with E-state index in [1.54, 1.807) is 30.3 Å². The summed E-state index contributed by atoms with van der Waals surface area (Å²) in [5.41, 5.74) is 6.22. The van der Waals surface area contributed by atoms with Crippen LogP contribution in [0.25, 0.3) is 0 Å². The number of hydrogen-bond donors (Lipinski definition) is 1. The highest BCUT2D eigenvalue weighted by atomic mass is 79.9. The fourth-order valence-corrected chi connectivity index (χ4v) is 2.06. The van der Waals surface area contributed by atoms with Gasteiger partial charge in [0, 0.05) is 11.1 Å². The molecular formula is C12H10BrClN2O2. The van der Waals surface area contributed by atoms with Gasteiger partial charge in [-0.25, -0.2) is 0 Å². The molecule has 0 fully saturated rings. The minimum Gasteiger partial charge on any atom is -0.481 e. The fourth-order valence-electron chi connectivity index (χ4n) is 1.29. The highest BCUT2D eigenvalue weighted by Crippen LogP contribution is 2.33. The number of nitrogens with zero attached hydrogens (tertiary/aromatic N) is 1. The van der Waals surface area contributed by atoms with Crippen molar-refractivity contribution < 1.29 is 9.47 Å². The molecule has 0 amide bonds. The number of ether oxygens (including phenoxy) is 2. The summed E-state index contributed by atoms with van der Waals surface area (Å²) in [4.78, 5) is 4.13. The van der Waals surface area contributed by atoms with Gasteiger partial charge in [0.25, 0.3) is 0 Å². The molecule has 18 heavy (non-hydrogen) atoms. The van der Waals surface area contributed by atoms with E-state index < -0.39 is 0 Å². The maximum atomic E-state index is 5.85. The average molecular weight is 330 g/mol. The first-order valence-electron chi connectivity index (χ1n) is 5.03. The van der Waals surface area contributed by atoms with Crippen LogP contribution in [0.4, 0.5) is 5.69 Å². The molecule has 0 spiro atoms. The predicted octanol–water partition coefficient (Wildman–Crippen LogP) is 3.88. The Morgan fingerprint density at radius 3 is 2.72 bits per heavy atom. The minimum absolute atomic E-state index is 0.289. The summed E-state index contributed by atoms with van der Waals surface area (Å²) < 4.78 is 11.4. The molecule has 0 saturated carbocycles. The SMILES string of the molecule is COc1ccc(N)c(Oc2ccc(Cl)cc2Br)n1. The monoisotopic (exact) mass is 328 g/mol. The van der Waals surface area contributed by atoms with Gasteiger partial charge in [0.2, 0.25) is 11.8 Å².